The van der Waals surface area contributed by atoms with Gasteiger partial charge < -0.3 is 9.88 Å². The Morgan fingerprint density at radius 1 is 1.39 bits per heavy atom. The number of hydrogen-bond donors (Lipinski definition) is 1. The number of nitrogens with one attached hydrogen (secondary N) is 1. The normalized spacial score (nSPS) is 17.7. The van der Waals surface area contributed by atoms with Crippen molar-refractivity contribution in [1.29, 1.82) is 0 Å². The van der Waals surface area contributed by atoms with Gasteiger partial charge in [0.05, 0.1) is 17.6 Å². The predicted octanol–water partition coefficient (Wildman–Crippen LogP) is 3.90. The van der Waals surface area contributed by atoms with Crippen LogP contribution in [0, 0.1) is 0 Å². The molecule has 1 saturated heterocycles. The molecule has 1 aliphatic heterocycles. The van der Waals surface area contributed by atoms with Crippen LogP contribution in [0.5, 0.6) is 0 Å². The van der Waals surface area contributed by atoms with Crippen molar-refractivity contribution in [3.8, 4) is 0 Å². The summed E-state index contributed by atoms with van der Waals surface area (Å²) in [7, 11) is 5.99. The lowest BCUT2D eigenvalue weighted by molar-refractivity contribution is -0.121. The van der Waals surface area contributed by atoms with E-state index in [1.807, 2.05) is 57.5 Å². The number of imidazole rings is 1. The zero-order valence-electron chi connectivity index (χ0n) is 13.5. The average molecular weight is 350 g/mol. The maximum absolute atomic E-state index is 12.0. The molecule has 3 rings (SSSR count). The summed E-state index contributed by atoms with van der Waals surface area (Å²) in [5.41, 5.74) is 2.08. The van der Waals surface area contributed by atoms with Gasteiger partial charge in [0.2, 0.25) is 5.91 Å². The SMILES string of the molecule is Cn1c(CNC(=O)CCCC[C@@H]2CCSS2)nc2ccccc21. The zero-order valence-corrected chi connectivity index (χ0v) is 15.1. The third kappa shape index (κ3) is 4.44. The molecule has 1 aromatic heterocycles. The van der Waals surface area contributed by atoms with Crippen molar-refractivity contribution < 1.29 is 4.79 Å². The van der Waals surface area contributed by atoms with Crippen molar-refractivity contribution >= 4 is 38.5 Å². The molecule has 0 unspecified atom stereocenters. The first-order valence-corrected chi connectivity index (χ1v) is 10.6. The van der Waals surface area contributed by atoms with Crippen molar-refractivity contribution in [3.63, 3.8) is 0 Å². The number of aromatic nitrogens is 2. The van der Waals surface area contributed by atoms with Crippen LogP contribution >= 0.6 is 21.6 Å². The van der Waals surface area contributed by atoms with Crippen molar-refractivity contribution in [2.24, 2.45) is 7.05 Å². The third-order valence-corrected chi connectivity index (χ3v) is 7.24. The molecule has 1 aromatic carbocycles. The Bertz CT molecular complexity index is 665. The molecule has 6 heteroatoms. The molecule has 124 valence electrons. The molecule has 1 aliphatic rings. The Balaban J connectivity index is 1.40. The van der Waals surface area contributed by atoms with E-state index in [-0.39, 0.29) is 5.91 Å². The van der Waals surface area contributed by atoms with Gasteiger partial charge in [-0.3, -0.25) is 4.79 Å². The van der Waals surface area contributed by atoms with Gasteiger partial charge >= 0.3 is 0 Å². The second-order valence-electron chi connectivity index (χ2n) is 5.93. The standard InChI is InChI=1S/C17H23N3OS2/c1-20-15-8-4-3-7-14(15)19-16(20)12-18-17(21)9-5-2-6-13-10-11-22-23-13/h3-4,7-8,13H,2,5-6,9-12H2,1H3,(H,18,21)/t13-/m1/s1. The Hall–Kier alpha value is -1.14. The highest BCUT2D eigenvalue weighted by molar-refractivity contribution is 8.77. The second kappa shape index (κ2) is 8.11. The van der Waals surface area contributed by atoms with Crippen molar-refractivity contribution in [2.75, 3.05) is 5.75 Å². The lowest BCUT2D eigenvalue weighted by atomic mass is 10.1. The highest BCUT2D eigenvalue weighted by Gasteiger charge is 2.16. The van der Waals surface area contributed by atoms with Crippen molar-refractivity contribution in [1.82, 2.24) is 14.9 Å². The quantitative estimate of drug-likeness (QED) is 0.608. The molecule has 0 aliphatic carbocycles. The van der Waals surface area contributed by atoms with Gasteiger partial charge in [-0.25, -0.2) is 4.98 Å². The summed E-state index contributed by atoms with van der Waals surface area (Å²) in [6.07, 6.45) is 5.33. The largest absolute Gasteiger partial charge is 0.349 e. The number of aryl methyl sites for hydroxylation is 1. The van der Waals surface area contributed by atoms with Gasteiger partial charge in [-0.1, -0.05) is 40.1 Å². The predicted molar refractivity (Wildman–Crippen MR) is 99.5 cm³/mol. The maximum Gasteiger partial charge on any atom is 0.220 e. The molecular formula is C17H23N3OS2. The fourth-order valence-corrected chi connectivity index (χ4v) is 5.87. The second-order valence-corrected chi connectivity index (χ2v) is 8.71. The first-order valence-electron chi connectivity index (χ1n) is 8.19. The highest BCUT2D eigenvalue weighted by Crippen LogP contribution is 2.39. The monoisotopic (exact) mass is 349 g/mol. The number of fused-ring (bicyclic) bond motifs is 1. The lowest BCUT2D eigenvalue weighted by Gasteiger charge is -2.07. The van der Waals surface area contributed by atoms with Crippen molar-refractivity contribution in [3.05, 3.63) is 30.1 Å². The van der Waals surface area contributed by atoms with Crippen molar-refractivity contribution in [2.45, 2.75) is 43.9 Å². The smallest absolute Gasteiger partial charge is 0.220 e. The summed E-state index contributed by atoms with van der Waals surface area (Å²) in [4.78, 5) is 16.6. The minimum Gasteiger partial charge on any atom is -0.349 e. The van der Waals surface area contributed by atoms with E-state index in [0.717, 1.165) is 34.9 Å². The van der Waals surface area contributed by atoms with Gasteiger partial charge in [0.25, 0.3) is 0 Å². The third-order valence-electron chi connectivity index (χ3n) is 4.23. The fourth-order valence-electron chi connectivity index (χ4n) is 2.84. The molecule has 2 heterocycles. The topological polar surface area (TPSA) is 46.9 Å². The van der Waals surface area contributed by atoms with Gasteiger partial charge in [-0.2, -0.15) is 0 Å². The number of amides is 1. The van der Waals surface area contributed by atoms with Gasteiger partial charge in [-0.05, 0) is 31.4 Å². The fraction of sp³-hybridized carbons (Fsp3) is 0.529. The van der Waals surface area contributed by atoms with Crippen LogP contribution in [0.3, 0.4) is 0 Å². The lowest BCUT2D eigenvalue weighted by Crippen LogP contribution is -2.24. The Kier molecular flexibility index (Phi) is 5.89. The van der Waals surface area contributed by atoms with Crippen LogP contribution in [0.25, 0.3) is 11.0 Å². The van der Waals surface area contributed by atoms with Crippen LogP contribution in [0.1, 0.15) is 37.9 Å². The van der Waals surface area contributed by atoms with Crippen LogP contribution in [0.4, 0.5) is 0 Å². The van der Waals surface area contributed by atoms with E-state index in [2.05, 4.69) is 10.3 Å². The minimum absolute atomic E-state index is 0.130. The zero-order chi connectivity index (χ0) is 16.1. The van der Waals surface area contributed by atoms with Gasteiger partial charge in [0.15, 0.2) is 0 Å². The first-order chi connectivity index (χ1) is 11.2. The van der Waals surface area contributed by atoms with E-state index in [0.29, 0.717) is 13.0 Å². The summed E-state index contributed by atoms with van der Waals surface area (Å²) >= 11 is 0. The summed E-state index contributed by atoms with van der Waals surface area (Å²) in [6, 6.07) is 8.04. The molecule has 0 radical (unpaired) electrons. The van der Waals surface area contributed by atoms with E-state index in [1.54, 1.807) is 0 Å². The van der Waals surface area contributed by atoms with E-state index in [9.17, 15) is 4.79 Å². The van der Waals surface area contributed by atoms with Crippen LogP contribution in [-0.2, 0) is 18.4 Å². The van der Waals surface area contributed by atoms with Gasteiger partial charge in [0.1, 0.15) is 5.82 Å². The number of rotatable bonds is 7. The molecular weight excluding hydrogens is 326 g/mol. The molecule has 1 amide bonds. The Labute approximate surface area is 145 Å². The molecule has 2 aromatic rings. The highest BCUT2D eigenvalue weighted by atomic mass is 33.1. The van der Waals surface area contributed by atoms with Crippen LogP contribution in [0.2, 0.25) is 0 Å². The average Bonchev–Trinajstić information content (AvgIpc) is 3.18. The van der Waals surface area contributed by atoms with Crippen LogP contribution in [-0.4, -0.2) is 26.5 Å². The minimum atomic E-state index is 0.130. The number of nitrogens with zero attached hydrogens (tertiary/aromatic N) is 2. The summed E-state index contributed by atoms with van der Waals surface area (Å²) < 4.78 is 2.05. The molecule has 1 fully saturated rings. The molecule has 0 spiro atoms. The first kappa shape index (κ1) is 16.7. The molecule has 23 heavy (non-hydrogen) atoms. The number of para-hydroxylation sites is 2. The van der Waals surface area contributed by atoms with E-state index in [1.165, 1.54) is 18.6 Å². The Morgan fingerprint density at radius 3 is 3.04 bits per heavy atom. The summed E-state index contributed by atoms with van der Waals surface area (Å²) in [5.74, 6) is 2.32. The maximum atomic E-state index is 12.0. The number of carbonyl (C=O) groups is 1. The van der Waals surface area contributed by atoms with Gasteiger partial charge in [-0.15, -0.1) is 0 Å². The Morgan fingerprint density at radius 2 is 2.26 bits per heavy atom. The molecule has 4 nitrogen and oxygen atoms in total. The van der Waals surface area contributed by atoms with Crippen LogP contribution < -0.4 is 5.32 Å². The van der Waals surface area contributed by atoms with Crippen LogP contribution in [0.15, 0.2) is 24.3 Å². The number of hydrogen-bond acceptors (Lipinski definition) is 4. The van der Waals surface area contributed by atoms with E-state index >= 15 is 0 Å². The summed E-state index contributed by atoms with van der Waals surface area (Å²) in [6.45, 7) is 0.499. The molecule has 0 saturated carbocycles. The number of unbranched alkanes of at least 4 members (excludes halogenated alkanes) is 1. The number of benzene rings is 1. The van der Waals surface area contributed by atoms with E-state index in [4.69, 9.17) is 0 Å². The number of carbonyl (C=O) groups excluding carboxylic acids is 1. The molecule has 0 bridgehead atoms. The molecule has 1 atom stereocenters. The molecule has 1 N–H and O–H groups in total. The van der Waals surface area contributed by atoms with Gasteiger partial charge in [0, 0.05) is 24.5 Å². The van der Waals surface area contributed by atoms with E-state index < -0.39 is 0 Å². The summed E-state index contributed by atoms with van der Waals surface area (Å²) in [5, 5.41) is 3.81.